The highest BCUT2D eigenvalue weighted by Gasteiger charge is 2.25. The summed E-state index contributed by atoms with van der Waals surface area (Å²) in [5.74, 6) is 0.482. The van der Waals surface area contributed by atoms with Gasteiger partial charge in [0.25, 0.3) is 0 Å². The van der Waals surface area contributed by atoms with E-state index in [2.05, 4.69) is 21.4 Å². The van der Waals surface area contributed by atoms with Crippen LogP contribution in [0.5, 0.6) is 0 Å². The molecular weight excluding hydrogens is 268 g/mol. The molecule has 21 heavy (non-hydrogen) atoms. The molecule has 116 valence electrons. The summed E-state index contributed by atoms with van der Waals surface area (Å²) < 4.78 is 7.11. The molecule has 1 atom stereocenters. The van der Waals surface area contributed by atoms with E-state index in [4.69, 9.17) is 4.74 Å². The summed E-state index contributed by atoms with van der Waals surface area (Å²) in [4.78, 5) is 18.2. The van der Waals surface area contributed by atoms with Crippen molar-refractivity contribution in [1.82, 2.24) is 19.8 Å². The van der Waals surface area contributed by atoms with Gasteiger partial charge in [-0.05, 0) is 12.8 Å². The Morgan fingerprint density at radius 3 is 2.86 bits per heavy atom. The minimum Gasteiger partial charge on any atom is -0.382 e. The molecule has 0 aromatic carbocycles. The lowest BCUT2D eigenvalue weighted by atomic mass is 9.94. The Hall–Kier alpha value is -1.82. The summed E-state index contributed by atoms with van der Waals surface area (Å²) in [6.07, 6.45) is 7.39. The van der Waals surface area contributed by atoms with Crippen molar-refractivity contribution in [3.05, 3.63) is 30.9 Å². The van der Waals surface area contributed by atoms with Crippen molar-refractivity contribution >= 4 is 6.03 Å². The molecule has 0 spiro atoms. The molecular formula is C15H24N4O2. The van der Waals surface area contributed by atoms with Gasteiger partial charge in [0.1, 0.15) is 0 Å². The number of likely N-dealkylation sites (tertiary alicyclic amines) is 1. The Morgan fingerprint density at radius 2 is 2.33 bits per heavy atom. The Morgan fingerprint density at radius 1 is 1.62 bits per heavy atom. The van der Waals surface area contributed by atoms with Crippen molar-refractivity contribution < 1.29 is 9.53 Å². The molecule has 1 N–H and O–H groups in total. The van der Waals surface area contributed by atoms with Gasteiger partial charge in [-0.3, -0.25) is 0 Å². The smallest absolute Gasteiger partial charge is 0.317 e. The maximum Gasteiger partial charge on any atom is 0.317 e. The molecule has 0 bridgehead atoms. The van der Waals surface area contributed by atoms with Crippen molar-refractivity contribution in [2.24, 2.45) is 7.05 Å². The molecule has 6 heteroatoms. The quantitative estimate of drug-likeness (QED) is 0.837. The fraction of sp³-hybridized carbons (Fsp3) is 0.600. The maximum atomic E-state index is 12.2. The summed E-state index contributed by atoms with van der Waals surface area (Å²) in [5, 5.41) is 2.92. The van der Waals surface area contributed by atoms with Crippen LogP contribution in [-0.2, 0) is 11.8 Å². The summed E-state index contributed by atoms with van der Waals surface area (Å²) in [6, 6.07) is -0.183. The van der Waals surface area contributed by atoms with Crippen LogP contribution in [0.25, 0.3) is 0 Å². The van der Waals surface area contributed by atoms with Gasteiger partial charge in [-0.1, -0.05) is 6.08 Å². The van der Waals surface area contributed by atoms with Gasteiger partial charge < -0.3 is 19.5 Å². The third kappa shape index (κ3) is 3.85. The van der Waals surface area contributed by atoms with E-state index in [-0.39, 0.29) is 12.1 Å². The van der Waals surface area contributed by atoms with Gasteiger partial charge in [0.2, 0.25) is 0 Å². The first kappa shape index (κ1) is 15.6. The molecule has 0 aliphatic carbocycles. The number of imidazole rings is 1. The Labute approximate surface area is 125 Å². The van der Waals surface area contributed by atoms with Crippen molar-refractivity contribution in [3.63, 3.8) is 0 Å². The minimum atomic E-state index is -0.141. The van der Waals surface area contributed by atoms with Crippen molar-refractivity contribution in [2.45, 2.75) is 24.8 Å². The predicted octanol–water partition coefficient (Wildman–Crippen LogP) is 1.51. The number of rotatable bonds is 5. The molecule has 1 aromatic rings. The third-order valence-electron chi connectivity index (χ3n) is 3.99. The van der Waals surface area contributed by atoms with Gasteiger partial charge in [0, 0.05) is 45.1 Å². The SMILES string of the molecule is C=CC(COC)NC(=O)N1CCC(c2cncn2C)CC1. The highest BCUT2D eigenvalue weighted by molar-refractivity contribution is 5.74. The van der Waals surface area contributed by atoms with Crippen LogP contribution >= 0.6 is 0 Å². The second kappa shape index (κ2) is 7.26. The zero-order chi connectivity index (χ0) is 15.2. The van der Waals surface area contributed by atoms with Gasteiger partial charge in [-0.25, -0.2) is 9.78 Å². The molecule has 0 saturated carbocycles. The number of methoxy groups -OCH3 is 1. The molecule has 6 nitrogen and oxygen atoms in total. The summed E-state index contributed by atoms with van der Waals surface area (Å²) >= 11 is 0. The van der Waals surface area contributed by atoms with Crippen LogP contribution in [0.3, 0.4) is 0 Å². The summed E-state index contributed by atoms with van der Waals surface area (Å²) in [6.45, 7) is 5.68. The van der Waals surface area contributed by atoms with Crippen LogP contribution in [0.4, 0.5) is 4.79 Å². The van der Waals surface area contributed by atoms with Crippen molar-refractivity contribution in [2.75, 3.05) is 26.8 Å². The molecule has 2 heterocycles. The number of hydrogen-bond donors (Lipinski definition) is 1. The van der Waals surface area contributed by atoms with Gasteiger partial charge in [-0.2, -0.15) is 0 Å². The number of ether oxygens (including phenoxy) is 1. The van der Waals surface area contributed by atoms with Crippen LogP contribution in [0, 0.1) is 0 Å². The topological polar surface area (TPSA) is 59.4 Å². The average Bonchev–Trinajstić information content (AvgIpc) is 2.93. The Balaban J connectivity index is 1.84. The van der Waals surface area contributed by atoms with Gasteiger partial charge in [-0.15, -0.1) is 6.58 Å². The number of amides is 2. The van der Waals surface area contributed by atoms with E-state index in [0.717, 1.165) is 25.9 Å². The predicted molar refractivity (Wildman–Crippen MR) is 81.1 cm³/mol. The molecule has 1 aliphatic rings. The zero-order valence-electron chi connectivity index (χ0n) is 12.8. The number of piperidine rings is 1. The molecule has 1 saturated heterocycles. The first-order valence-electron chi connectivity index (χ1n) is 7.28. The number of nitrogens with one attached hydrogen (secondary N) is 1. The molecule has 0 radical (unpaired) electrons. The molecule has 2 amide bonds. The largest absolute Gasteiger partial charge is 0.382 e. The van der Waals surface area contributed by atoms with E-state index in [1.165, 1.54) is 5.69 Å². The number of urea groups is 1. The van der Waals surface area contributed by atoms with Crippen LogP contribution in [0.15, 0.2) is 25.2 Å². The van der Waals surface area contributed by atoms with Crippen LogP contribution in [-0.4, -0.2) is 53.3 Å². The number of aryl methyl sites for hydroxylation is 1. The van der Waals surface area contributed by atoms with Gasteiger partial charge in [0.15, 0.2) is 0 Å². The summed E-state index contributed by atoms with van der Waals surface area (Å²) in [7, 11) is 3.63. The highest BCUT2D eigenvalue weighted by Crippen LogP contribution is 2.27. The molecule has 2 rings (SSSR count). The normalized spacial score (nSPS) is 17.5. The second-order valence-corrected chi connectivity index (χ2v) is 5.44. The lowest BCUT2D eigenvalue weighted by molar-refractivity contribution is 0.158. The fourth-order valence-corrected chi connectivity index (χ4v) is 2.74. The third-order valence-corrected chi connectivity index (χ3v) is 3.99. The minimum absolute atomic E-state index is 0.0413. The van der Waals surface area contributed by atoms with Crippen LogP contribution in [0.2, 0.25) is 0 Å². The van der Waals surface area contributed by atoms with E-state index in [0.29, 0.717) is 12.5 Å². The number of nitrogens with zero attached hydrogens (tertiary/aromatic N) is 3. The van der Waals surface area contributed by atoms with Gasteiger partial charge >= 0.3 is 6.03 Å². The first-order valence-corrected chi connectivity index (χ1v) is 7.28. The standard InChI is InChI=1S/C15H24N4O2/c1-4-13(10-21-3)17-15(20)19-7-5-12(6-8-19)14-9-16-11-18(14)2/h4,9,11-13H,1,5-8,10H2,2-3H3,(H,17,20). The Bertz CT molecular complexity index is 478. The highest BCUT2D eigenvalue weighted by atomic mass is 16.5. The molecule has 1 fully saturated rings. The van der Waals surface area contributed by atoms with Crippen molar-refractivity contribution in [1.29, 1.82) is 0 Å². The number of carbonyl (C=O) groups excluding carboxylic acids is 1. The van der Waals surface area contributed by atoms with Crippen molar-refractivity contribution in [3.8, 4) is 0 Å². The van der Waals surface area contributed by atoms with Crippen LogP contribution in [0.1, 0.15) is 24.5 Å². The number of hydrogen-bond acceptors (Lipinski definition) is 3. The lowest BCUT2D eigenvalue weighted by Crippen LogP contribution is -2.48. The zero-order valence-corrected chi connectivity index (χ0v) is 12.8. The maximum absolute atomic E-state index is 12.2. The molecule has 1 aromatic heterocycles. The molecule has 1 aliphatic heterocycles. The van der Waals surface area contributed by atoms with Gasteiger partial charge in [0.05, 0.1) is 19.0 Å². The van der Waals surface area contributed by atoms with E-state index in [1.807, 2.05) is 24.5 Å². The van der Waals surface area contributed by atoms with E-state index >= 15 is 0 Å². The number of aromatic nitrogens is 2. The second-order valence-electron chi connectivity index (χ2n) is 5.44. The fourth-order valence-electron chi connectivity index (χ4n) is 2.74. The lowest BCUT2D eigenvalue weighted by Gasteiger charge is -2.32. The first-order chi connectivity index (χ1) is 10.2. The van der Waals surface area contributed by atoms with Crippen LogP contribution < -0.4 is 5.32 Å². The molecule has 1 unspecified atom stereocenters. The Kier molecular flexibility index (Phi) is 5.38. The van der Waals surface area contributed by atoms with E-state index in [1.54, 1.807) is 13.2 Å². The number of carbonyl (C=O) groups is 1. The summed E-state index contributed by atoms with van der Waals surface area (Å²) in [5.41, 5.74) is 1.25. The van der Waals surface area contributed by atoms with E-state index in [9.17, 15) is 4.79 Å². The average molecular weight is 292 g/mol. The van der Waals surface area contributed by atoms with E-state index < -0.39 is 0 Å². The monoisotopic (exact) mass is 292 g/mol.